The highest BCUT2D eigenvalue weighted by molar-refractivity contribution is 6.01. The second kappa shape index (κ2) is 10.8. The normalized spacial score (nSPS) is 14.4. The maximum atomic E-state index is 13.7. The predicted octanol–water partition coefficient (Wildman–Crippen LogP) is 4.54. The first-order valence-corrected chi connectivity index (χ1v) is 12.8. The van der Waals surface area contributed by atoms with Gasteiger partial charge in [0.25, 0.3) is 0 Å². The zero-order valence-electron chi connectivity index (χ0n) is 20.9. The van der Waals surface area contributed by atoms with Gasteiger partial charge in [0.05, 0.1) is 31.6 Å². The Bertz CT molecular complexity index is 1210. The second-order valence-corrected chi connectivity index (χ2v) is 9.76. The van der Waals surface area contributed by atoms with Crippen molar-refractivity contribution in [2.24, 2.45) is 0 Å². The van der Waals surface area contributed by atoms with Crippen molar-refractivity contribution in [2.75, 3.05) is 36.4 Å². The lowest BCUT2D eigenvalue weighted by molar-refractivity contribution is -0.914. The third kappa shape index (κ3) is 5.19. The molecule has 1 aliphatic heterocycles. The van der Waals surface area contributed by atoms with Gasteiger partial charge in [-0.15, -0.1) is 0 Å². The zero-order chi connectivity index (χ0) is 24.8. The van der Waals surface area contributed by atoms with Crippen LogP contribution in [0.1, 0.15) is 23.6 Å². The summed E-state index contributed by atoms with van der Waals surface area (Å²) in [5, 5.41) is 3.18. The van der Waals surface area contributed by atoms with Crippen LogP contribution in [0, 0.1) is 0 Å². The molecule has 1 amide bonds. The van der Waals surface area contributed by atoms with Crippen LogP contribution in [0.5, 0.6) is 0 Å². The van der Waals surface area contributed by atoms with Gasteiger partial charge in [0.2, 0.25) is 5.91 Å². The molecule has 36 heavy (non-hydrogen) atoms. The van der Waals surface area contributed by atoms with Gasteiger partial charge in [-0.1, -0.05) is 91.0 Å². The first kappa shape index (κ1) is 23.8. The van der Waals surface area contributed by atoms with E-state index in [0.29, 0.717) is 0 Å². The third-order valence-electron chi connectivity index (χ3n) is 7.41. The van der Waals surface area contributed by atoms with Gasteiger partial charge in [0.15, 0.2) is 0 Å². The third-order valence-corrected chi connectivity index (χ3v) is 7.41. The van der Waals surface area contributed by atoms with Crippen molar-refractivity contribution >= 4 is 17.3 Å². The van der Waals surface area contributed by atoms with Gasteiger partial charge in [0.1, 0.15) is 6.54 Å². The summed E-state index contributed by atoms with van der Waals surface area (Å²) < 4.78 is 0. The Hall–Kier alpha value is -3.89. The van der Waals surface area contributed by atoms with Crippen LogP contribution in [-0.4, -0.2) is 32.1 Å². The highest BCUT2D eigenvalue weighted by atomic mass is 16.2. The van der Waals surface area contributed by atoms with Crippen LogP contribution in [0.3, 0.4) is 0 Å². The molecule has 4 aromatic rings. The van der Waals surface area contributed by atoms with E-state index in [4.69, 9.17) is 0 Å². The molecule has 1 fully saturated rings. The van der Waals surface area contributed by atoms with E-state index in [1.54, 1.807) is 4.90 Å². The summed E-state index contributed by atoms with van der Waals surface area (Å²) in [4.78, 5) is 17.8. The smallest absolute Gasteiger partial charge is 0.239 e. The van der Waals surface area contributed by atoms with Crippen molar-refractivity contribution < 1.29 is 9.69 Å². The number of anilines is 2. The number of quaternary nitrogens is 1. The van der Waals surface area contributed by atoms with E-state index in [2.05, 4.69) is 52.7 Å². The molecule has 0 radical (unpaired) electrons. The highest BCUT2D eigenvalue weighted by Gasteiger charge is 2.37. The molecule has 1 saturated heterocycles. The molecule has 5 rings (SSSR count). The van der Waals surface area contributed by atoms with Gasteiger partial charge in [0, 0.05) is 16.9 Å². The summed E-state index contributed by atoms with van der Waals surface area (Å²) in [5.41, 5.74) is 4.58. The van der Waals surface area contributed by atoms with Crippen LogP contribution in [-0.2, 0) is 16.8 Å². The van der Waals surface area contributed by atoms with E-state index in [-0.39, 0.29) is 5.91 Å². The summed E-state index contributed by atoms with van der Waals surface area (Å²) >= 11 is 0. The van der Waals surface area contributed by atoms with E-state index < -0.39 is 5.41 Å². The molecule has 1 heterocycles. The van der Waals surface area contributed by atoms with E-state index in [1.807, 2.05) is 79.7 Å². The molecule has 182 valence electrons. The summed E-state index contributed by atoms with van der Waals surface area (Å²) in [6, 6.07) is 39.0. The highest BCUT2D eigenvalue weighted by Crippen LogP contribution is 2.33. The first-order valence-electron chi connectivity index (χ1n) is 12.8. The monoisotopic (exact) mass is 476 g/mol. The molecule has 2 N–H and O–H groups in total. The van der Waals surface area contributed by atoms with Gasteiger partial charge >= 0.3 is 0 Å². The molecule has 0 atom stereocenters. The fourth-order valence-electron chi connectivity index (χ4n) is 5.13. The lowest BCUT2D eigenvalue weighted by atomic mass is 9.75. The van der Waals surface area contributed by atoms with Crippen molar-refractivity contribution in [3.63, 3.8) is 0 Å². The minimum atomic E-state index is -0.793. The number of carbonyl (C=O) groups is 1. The molecule has 4 aromatic carbocycles. The van der Waals surface area contributed by atoms with Gasteiger partial charge in [-0.3, -0.25) is 4.79 Å². The largest absolute Gasteiger partial charge is 0.360 e. The van der Waals surface area contributed by atoms with Gasteiger partial charge < -0.3 is 15.1 Å². The molecule has 4 heteroatoms. The molecule has 0 unspecified atom stereocenters. The van der Waals surface area contributed by atoms with E-state index in [0.717, 1.165) is 49.5 Å². The standard InChI is InChI=1S/C32H33N3O/c1-32(27-13-7-3-8-14-27,28-15-9-4-10-16-28)31(36)33-29-17-19-30(20-18-29)35-23-21-34(22-24-35)25-26-11-5-2-6-12-26/h2-20H,21-25H2,1H3,(H,33,36)/p+1. The van der Waals surface area contributed by atoms with Crippen LogP contribution < -0.4 is 15.1 Å². The van der Waals surface area contributed by atoms with E-state index >= 15 is 0 Å². The van der Waals surface area contributed by atoms with Crippen molar-refractivity contribution in [1.82, 2.24) is 0 Å². The Balaban J connectivity index is 1.25. The topological polar surface area (TPSA) is 36.8 Å². The Kier molecular flexibility index (Phi) is 7.15. The number of benzene rings is 4. The molecule has 0 saturated carbocycles. The molecule has 0 bridgehead atoms. The number of piperazine rings is 1. The van der Waals surface area contributed by atoms with Crippen LogP contribution in [0.4, 0.5) is 11.4 Å². The summed E-state index contributed by atoms with van der Waals surface area (Å²) in [6.07, 6.45) is 0. The lowest BCUT2D eigenvalue weighted by Gasteiger charge is -2.34. The number of carbonyl (C=O) groups excluding carboxylic acids is 1. The summed E-state index contributed by atoms with van der Waals surface area (Å²) in [6.45, 7) is 7.40. The van der Waals surface area contributed by atoms with Crippen LogP contribution in [0.25, 0.3) is 0 Å². The van der Waals surface area contributed by atoms with Crippen molar-refractivity contribution in [3.05, 3.63) is 132 Å². The number of amides is 1. The SMILES string of the molecule is CC(C(=O)Nc1ccc(N2CC[NH+](Cc3ccccc3)CC2)cc1)(c1ccccc1)c1ccccc1. The Morgan fingerprint density at radius 1 is 0.750 bits per heavy atom. The Morgan fingerprint density at radius 3 is 1.78 bits per heavy atom. The van der Waals surface area contributed by atoms with Crippen molar-refractivity contribution in [2.45, 2.75) is 18.9 Å². The van der Waals surface area contributed by atoms with Crippen LogP contribution in [0.2, 0.25) is 0 Å². The van der Waals surface area contributed by atoms with Gasteiger partial charge in [-0.25, -0.2) is 0 Å². The predicted molar refractivity (Wildman–Crippen MR) is 147 cm³/mol. The molecule has 0 aliphatic carbocycles. The van der Waals surface area contributed by atoms with Crippen LogP contribution >= 0.6 is 0 Å². The minimum Gasteiger partial charge on any atom is -0.360 e. The van der Waals surface area contributed by atoms with Crippen molar-refractivity contribution in [1.29, 1.82) is 0 Å². The van der Waals surface area contributed by atoms with Gasteiger partial charge in [-0.05, 0) is 42.3 Å². The lowest BCUT2D eigenvalue weighted by Crippen LogP contribution is -3.13. The average Bonchev–Trinajstić information content (AvgIpc) is 2.95. The molecular formula is C32H34N3O+. The Morgan fingerprint density at radius 2 is 1.25 bits per heavy atom. The van der Waals surface area contributed by atoms with Crippen molar-refractivity contribution in [3.8, 4) is 0 Å². The number of hydrogen-bond acceptors (Lipinski definition) is 2. The number of hydrogen-bond donors (Lipinski definition) is 2. The molecular weight excluding hydrogens is 442 g/mol. The average molecular weight is 477 g/mol. The fourth-order valence-corrected chi connectivity index (χ4v) is 5.13. The summed E-state index contributed by atoms with van der Waals surface area (Å²) in [7, 11) is 0. The zero-order valence-corrected chi connectivity index (χ0v) is 20.9. The maximum Gasteiger partial charge on any atom is 0.239 e. The minimum absolute atomic E-state index is 0.0363. The maximum absolute atomic E-state index is 13.7. The van der Waals surface area contributed by atoms with Gasteiger partial charge in [-0.2, -0.15) is 0 Å². The molecule has 4 nitrogen and oxygen atoms in total. The second-order valence-electron chi connectivity index (χ2n) is 9.76. The summed E-state index contributed by atoms with van der Waals surface area (Å²) in [5.74, 6) is -0.0363. The quantitative estimate of drug-likeness (QED) is 0.411. The molecule has 1 aliphatic rings. The first-order chi connectivity index (χ1) is 17.6. The number of rotatable bonds is 7. The Labute approximate surface area is 214 Å². The van der Waals surface area contributed by atoms with E-state index in [9.17, 15) is 4.79 Å². The molecule has 0 aromatic heterocycles. The molecule has 0 spiro atoms. The van der Waals surface area contributed by atoms with E-state index in [1.165, 1.54) is 11.3 Å². The van der Waals surface area contributed by atoms with Crippen LogP contribution in [0.15, 0.2) is 115 Å². The fraction of sp³-hybridized carbons (Fsp3) is 0.219. The number of nitrogens with zero attached hydrogens (tertiary/aromatic N) is 1. The number of nitrogens with one attached hydrogen (secondary N) is 2.